The number of ether oxygens (including phenoxy) is 3. The molecule has 0 bridgehead atoms. The van der Waals surface area contributed by atoms with Crippen LogP contribution in [0.5, 0.6) is 5.75 Å². The Hall–Kier alpha value is -1.67. The molecule has 0 amide bonds. The first-order chi connectivity index (χ1) is 11.0. The topological polar surface area (TPSA) is 61.8 Å². The van der Waals surface area contributed by atoms with E-state index in [1.54, 1.807) is 0 Å². The van der Waals surface area contributed by atoms with Crippen LogP contribution in [0.4, 0.5) is 35.1 Å². The van der Waals surface area contributed by atoms with E-state index in [2.05, 4.69) is 14.2 Å². The maximum Gasteiger partial charge on any atom is 0.540 e. The molecule has 0 saturated heterocycles. The molecular formula is C11H8F8O5S. The summed E-state index contributed by atoms with van der Waals surface area (Å²) in [4.78, 5) is 0. The molecule has 0 atom stereocenters. The van der Waals surface area contributed by atoms with Crippen molar-refractivity contribution in [1.29, 1.82) is 0 Å². The normalized spacial score (nSPS) is 14.4. The highest BCUT2D eigenvalue weighted by atomic mass is 32.2. The molecule has 1 aromatic carbocycles. The molecule has 144 valence electrons. The van der Waals surface area contributed by atoms with Crippen LogP contribution in [0.3, 0.4) is 0 Å². The molecule has 0 unspecified atom stereocenters. The van der Waals surface area contributed by atoms with Gasteiger partial charge in [0.25, 0.3) is 0 Å². The molecule has 0 aliphatic heterocycles. The van der Waals surface area contributed by atoms with Crippen molar-refractivity contribution in [3.05, 3.63) is 30.3 Å². The molecule has 25 heavy (non-hydrogen) atoms. The van der Waals surface area contributed by atoms with E-state index in [1.807, 2.05) is 0 Å². The summed E-state index contributed by atoms with van der Waals surface area (Å²) in [6.07, 6.45) is -18.6. The SMILES string of the molecule is CS(=O)(=O)C(F)(F)OC(F)(F)C(F)(F)OC(F)(F)Oc1ccccc1. The molecule has 0 radical (unpaired) electrons. The van der Waals surface area contributed by atoms with Gasteiger partial charge in [-0.1, -0.05) is 18.2 Å². The predicted molar refractivity (Wildman–Crippen MR) is 63.9 cm³/mol. The van der Waals surface area contributed by atoms with Crippen LogP contribution in [0.2, 0.25) is 0 Å². The number of sulfone groups is 1. The lowest BCUT2D eigenvalue weighted by Gasteiger charge is -2.30. The highest BCUT2D eigenvalue weighted by Crippen LogP contribution is 2.44. The Morgan fingerprint density at radius 2 is 1.24 bits per heavy atom. The van der Waals surface area contributed by atoms with Gasteiger partial charge in [-0.2, -0.15) is 26.3 Å². The minimum absolute atomic E-state index is 0.310. The summed E-state index contributed by atoms with van der Waals surface area (Å²) in [5, 5.41) is 0. The van der Waals surface area contributed by atoms with Crippen molar-refractivity contribution in [1.82, 2.24) is 0 Å². The Labute approximate surface area is 135 Å². The lowest BCUT2D eigenvalue weighted by atomic mass is 10.3. The van der Waals surface area contributed by atoms with Gasteiger partial charge in [-0.3, -0.25) is 0 Å². The molecule has 0 N–H and O–H groups in total. The first-order valence-corrected chi connectivity index (χ1v) is 7.73. The Morgan fingerprint density at radius 3 is 1.68 bits per heavy atom. The van der Waals surface area contributed by atoms with Crippen molar-refractivity contribution in [3.8, 4) is 5.75 Å². The second-order valence-electron chi connectivity index (χ2n) is 4.35. The van der Waals surface area contributed by atoms with Crippen LogP contribution in [0.25, 0.3) is 0 Å². The third kappa shape index (κ3) is 5.40. The quantitative estimate of drug-likeness (QED) is 0.491. The molecule has 14 heteroatoms. The number of hydrogen-bond donors (Lipinski definition) is 0. The minimum atomic E-state index is -6.46. The fraction of sp³-hybridized carbons (Fsp3) is 0.455. The van der Waals surface area contributed by atoms with E-state index in [-0.39, 0.29) is 6.26 Å². The molecule has 0 heterocycles. The zero-order valence-corrected chi connectivity index (χ0v) is 12.7. The zero-order valence-electron chi connectivity index (χ0n) is 11.9. The second kappa shape index (κ2) is 6.57. The average molecular weight is 404 g/mol. The van der Waals surface area contributed by atoms with Gasteiger partial charge in [-0.05, 0) is 12.1 Å². The Bertz CT molecular complexity index is 692. The van der Waals surface area contributed by atoms with Crippen LogP contribution in [-0.4, -0.2) is 38.6 Å². The summed E-state index contributed by atoms with van der Waals surface area (Å²) < 4.78 is 134. The van der Waals surface area contributed by atoms with Gasteiger partial charge in [0, 0.05) is 6.26 Å². The van der Waals surface area contributed by atoms with E-state index in [0.717, 1.165) is 24.3 Å². The van der Waals surface area contributed by atoms with E-state index >= 15 is 0 Å². The summed E-state index contributed by atoms with van der Waals surface area (Å²) in [6.45, 7) is 0. The highest BCUT2D eigenvalue weighted by Gasteiger charge is 2.69. The van der Waals surface area contributed by atoms with Gasteiger partial charge in [-0.25, -0.2) is 17.9 Å². The van der Waals surface area contributed by atoms with Gasteiger partial charge in [0.1, 0.15) is 5.75 Å². The van der Waals surface area contributed by atoms with Crippen LogP contribution < -0.4 is 4.74 Å². The van der Waals surface area contributed by atoms with Gasteiger partial charge < -0.3 is 4.74 Å². The van der Waals surface area contributed by atoms with Crippen molar-refractivity contribution in [2.24, 2.45) is 0 Å². The largest absolute Gasteiger partial charge is 0.540 e. The van der Waals surface area contributed by atoms with Gasteiger partial charge in [0.15, 0.2) is 0 Å². The Morgan fingerprint density at radius 1 is 0.800 bits per heavy atom. The van der Waals surface area contributed by atoms with Gasteiger partial charge in [0.2, 0.25) is 9.84 Å². The third-order valence-corrected chi connectivity index (χ3v) is 3.19. The molecule has 0 aliphatic rings. The highest BCUT2D eigenvalue weighted by molar-refractivity contribution is 7.91. The number of benzene rings is 1. The van der Waals surface area contributed by atoms with Crippen molar-refractivity contribution >= 4 is 9.84 Å². The van der Waals surface area contributed by atoms with E-state index in [4.69, 9.17) is 0 Å². The number of halogens is 8. The summed E-state index contributed by atoms with van der Waals surface area (Å²) >= 11 is 0. The molecule has 1 aromatic rings. The molecule has 0 aliphatic carbocycles. The van der Waals surface area contributed by atoms with Crippen molar-refractivity contribution in [2.45, 2.75) is 24.0 Å². The van der Waals surface area contributed by atoms with Crippen LogP contribution >= 0.6 is 0 Å². The van der Waals surface area contributed by atoms with Crippen LogP contribution in [-0.2, 0) is 19.3 Å². The first-order valence-electron chi connectivity index (χ1n) is 5.84. The number of para-hydroxylation sites is 1. The molecule has 0 aromatic heterocycles. The molecule has 1 rings (SSSR count). The van der Waals surface area contributed by atoms with E-state index < -0.39 is 39.5 Å². The summed E-state index contributed by atoms with van der Waals surface area (Å²) in [5.74, 6) is -0.783. The van der Waals surface area contributed by atoms with Gasteiger partial charge in [-0.15, -0.1) is 8.78 Å². The zero-order chi connectivity index (χ0) is 19.7. The molecular weight excluding hydrogens is 396 g/mol. The molecule has 0 spiro atoms. The molecule has 5 nitrogen and oxygen atoms in total. The van der Waals surface area contributed by atoms with Crippen LogP contribution in [0.15, 0.2) is 30.3 Å². The lowest BCUT2D eigenvalue weighted by molar-refractivity contribution is -0.527. The Balaban J connectivity index is 2.98. The van der Waals surface area contributed by atoms with Crippen molar-refractivity contribution < 1.29 is 57.8 Å². The number of hydrogen-bond acceptors (Lipinski definition) is 5. The fourth-order valence-electron chi connectivity index (χ4n) is 1.14. The van der Waals surface area contributed by atoms with E-state index in [9.17, 15) is 43.5 Å². The third-order valence-electron chi connectivity index (χ3n) is 2.24. The Kier molecular flexibility index (Phi) is 5.61. The number of alkyl halides is 8. The fourth-order valence-corrected chi connectivity index (χ4v) is 1.40. The monoisotopic (exact) mass is 404 g/mol. The summed E-state index contributed by atoms with van der Waals surface area (Å²) in [5.41, 5.74) is -5.81. The van der Waals surface area contributed by atoms with Gasteiger partial charge in [0.05, 0.1) is 0 Å². The first kappa shape index (κ1) is 21.4. The standard InChI is InChI=1S/C11H8F8O5S/c1-25(20,21)11(18,19)24-9(14,15)8(12,13)23-10(16,17)22-7-5-3-2-4-6-7/h2-6H,1H3. The summed E-state index contributed by atoms with van der Waals surface area (Å²) in [6, 6.07) is 5.20. The minimum Gasteiger partial charge on any atom is -0.409 e. The molecule has 0 saturated carbocycles. The smallest absolute Gasteiger partial charge is 0.409 e. The molecule has 0 fully saturated rings. The van der Waals surface area contributed by atoms with Gasteiger partial charge >= 0.3 is 24.0 Å². The number of rotatable bonds is 8. The van der Waals surface area contributed by atoms with Crippen LogP contribution in [0.1, 0.15) is 0 Å². The van der Waals surface area contributed by atoms with E-state index in [0.29, 0.717) is 0 Å². The lowest BCUT2D eigenvalue weighted by Crippen LogP contribution is -2.54. The second-order valence-corrected chi connectivity index (χ2v) is 6.37. The maximum atomic E-state index is 13.2. The predicted octanol–water partition coefficient (Wildman–Crippen LogP) is 3.43. The summed E-state index contributed by atoms with van der Waals surface area (Å²) in [7, 11) is -5.73. The van der Waals surface area contributed by atoms with E-state index in [1.165, 1.54) is 6.07 Å². The van der Waals surface area contributed by atoms with Crippen molar-refractivity contribution in [3.63, 3.8) is 0 Å². The maximum absolute atomic E-state index is 13.2. The average Bonchev–Trinajstić information content (AvgIpc) is 2.34. The van der Waals surface area contributed by atoms with Crippen LogP contribution in [0, 0.1) is 0 Å². The van der Waals surface area contributed by atoms with Crippen molar-refractivity contribution in [2.75, 3.05) is 6.26 Å².